The second-order valence-electron chi connectivity index (χ2n) is 5.92. The van der Waals surface area contributed by atoms with Crippen LogP contribution in [0, 0.1) is 10.1 Å². The number of phenols is 2. The van der Waals surface area contributed by atoms with E-state index in [1.807, 2.05) is 4.90 Å². The number of carbonyl (C=O) groups is 2. The average molecular weight is 367 g/mol. The fraction of sp³-hybridized carbons (Fsp3) is 0.500. The van der Waals surface area contributed by atoms with Gasteiger partial charge in [-0.15, -0.1) is 0 Å². The second kappa shape index (κ2) is 8.48. The molecule has 2 N–H and O–H groups in total. The van der Waals surface area contributed by atoms with Crippen molar-refractivity contribution in [3.63, 3.8) is 0 Å². The number of rotatable bonds is 6. The van der Waals surface area contributed by atoms with E-state index < -0.39 is 22.1 Å². The lowest BCUT2D eigenvalue weighted by Crippen LogP contribution is -2.50. The molecule has 0 unspecified atom stereocenters. The summed E-state index contributed by atoms with van der Waals surface area (Å²) in [5.41, 5.74) is -0.391. The molecule has 1 aliphatic rings. The third-order valence-corrected chi connectivity index (χ3v) is 4.03. The first-order chi connectivity index (χ1) is 12.3. The Kier molecular flexibility index (Phi) is 6.34. The summed E-state index contributed by atoms with van der Waals surface area (Å²) in [6, 6.07) is 2.21. The number of Topliss-reactive ketones (excluding diaryl/α,β-unsaturated/α-hetero) is 1. The van der Waals surface area contributed by atoms with E-state index in [9.17, 15) is 29.9 Å². The fourth-order valence-electron chi connectivity index (χ4n) is 2.74. The van der Waals surface area contributed by atoms with Gasteiger partial charge in [-0.1, -0.05) is 0 Å². The molecule has 10 heteroatoms. The summed E-state index contributed by atoms with van der Waals surface area (Å²) >= 11 is 0. The Hall–Kier alpha value is -2.88. The molecule has 1 aromatic rings. The standard InChI is InChI=1S/C16H21N3O7/c1-2-26-16(23)18-5-3-17(4-6-18)10-12(20)7-11-8-13(19(24)25)15(22)14(21)9-11/h8-9,21-22H,2-7,10H2,1H3. The number of hydrogen-bond acceptors (Lipinski definition) is 8. The van der Waals surface area contributed by atoms with Gasteiger partial charge in [0.15, 0.2) is 11.5 Å². The van der Waals surface area contributed by atoms with Crippen LogP contribution in [-0.2, 0) is 16.0 Å². The minimum absolute atomic E-state index is 0.104. The molecule has 10 nitrogen and oxygen atoms in total. The summed E-state index contributed by atoms with van der Waals surface area (Å²) in [4.78, 5) is 37.3. The highest BCUT2D eigenvalue weighted by Crippen LogP contribution is 2.36. The maximum atomic E-state index is 12.2. The van der Waals surface area contributed by atoms with Gasteiger partial charge in [0.1, 0.15) is 0 Å². The minimum Gasteiger partial charge on any atom is -0.504 e. The molecule has 1 heterocycles. The number of piperazine rings is 1. The van der Waals surface area contributed by atoms with Gasteiger partial charge in [0, 0.05) is 38.7 Å². The highest BCUT2D eigenvalue weighted by Gasteiger charge is 2.24. The van der Waals surface area contributed by atoms with Gasteiger partial charge in [0.25, 0.3) is 0 Å². The Bertz CT molecular complexity index is 699. The smallest absolute Gasteiger partial charge is 0.409 e. The first kappa shape index (κ1) is 19.4. The molecule has 1 fully saturated rings. The van der Waals surface area contributed by atoms with Crippen LogP contribution in [0.4, 0.5) is 10.5 Å². The molecule has 1 aromatic carbocycles. The zero-order valence-corrected chi connectivity index (χ0v) is 14.4. The summed E-state index contributed by atoms with van der Waals surface area (Å²) in [5.74, 6) is -1.64. The summed E-state index contributed by atoms with van der Waals surface area (Å²) in [6.07, 6.45) is -0.474. The van der Waals surface area contributed by atoms with Crippen LogP contribution in [0.1, 0.15) is 12.5 Å². The van der Waals surface area contributed by atoms with Crippen molar-refractivity contribution in [2.24, 2.45) is 0 Å². The molecule has 0 saturated carbocycles. The Morgan fingerprint density at radius 2 is 1.88 bits per heavy atom. The molecule has 1 aliphatic heterocycles. The number of ketones is 1. The van der Waals surface area contributed by atoms with E-state index in [4.69, 9.17) is 4.74 Å². The van der Waals surface area contributed by atoms with Crippen molar-refractivity contribution in [2.45, 2.75) is 13.3 Å². The van der Waals surface area contributed by atoms with E-state index >= 15 is 0 Å². The quantitative estimate of drug-likeness (QED) is 0.430. The lowest BCUT2D eigenvalue weighted by molar-refractivity contribution is -0.386. The summed E-state index contributed by atoms with van der Waals surface area (Å²) in [5, 5.41) is 29.9. The number of nitrogens with zero attached hydrogens (tertiary/aromatic N) is 3. The highest BCUT2D eigenvalue weighted by atomic mass is 16.6. The van der Waals surface area contributed by atoms with Crippen molar-refractivity contribution in [1.82, 2.24) is 9.80 Å². The fourth-order valence-corrected chi connectivity index (χ4v) is 2.74. The van der Waals surface area contributed by atoms with E-state index in [2.05, 4.69) is 0 Å². The molecule has 0 aromatic heterocycles. The van der Waals surface area contributed by atoms with Gasteiger partial charge >= 0.3 is 11.8 Å². The molecule has 0 bridgehead atoms. The Labute approximate surface area is 149 Å². The molecular formula is C16H21N3O7. The van der Waals surface area contributed by atoms with Crippen LogP contribution >= 0.6 is 0 Å². The van der Waals surface area contributed by atoms with E-state index in [0.717, 1.165) is 12.1 Å². The van der Waals surface area contributed by atoms with Crippen LogP contribution in [-0.4, -0.2) is 76.1 Å². The van der Waals surface area contributed by atoms with Crippen molar-refractivity contribution in [2.75, 3.05) is 39.3 Å². The summed E-state index contributed by atoms with van der Waals surface area (Å²) < 4.78 is 4.93. The van der Waals surface area contributed by atoms with Crippen LogP contribution in [0.5, 0.6) is 11.5 Å². The first-order valence-corrected chi connectivity index (χ1v) is 8.16. The predicted octanol–water partition coefficient (Wildman–Crippen LogP) is 0.892. The van der Waals surface area contributed by atoms with Crippen LogP contribution in [0.2, 0.25) is 0 Å². The number of benzene rings is 1. The number of amides is 1. The lowest BCUT2D eigenvalue weighted by Gasteiger charge is -2.33. The molecule has 0 aliphatic carbocycles. The summed E-state index contributed by atoms with van der Waals surface area (Å²) in [7, 11) is 0. The van der Waals surface area contributed by atoms with Gasteiger partial charge in [0.05, 0.1) is 18.1 Å². The SMILES string of the molecule is CCOC(=O)N1CCN(CC(=O)Cc2cc(O)c(O)c([N+](=O)[O-])c2)CC1. The topological polar surface area (TPSA) is 133 Å². The van der Waals surface area contributed by atoms with Crippen molar-refractivity contribution in [3.8, 4) is 11.5 Å². The van der Waals surface area contributed by atoms with Crippen molar-refractivity contribution in [3.05, 3.63) is 27.8 Å². The Morgan fingerprint density at radius 1 is 1.23 bits per heavy atom. The third kappa shape index (κ3) is 4.82. The zero-order chi connectivity index (χ0) is 19.3. The van der Waals surface area contributed by atoms with Crippen molar-refractivity contribution >= 4 is 17.6 Å². The predicted molar refractivity (Wildman–Crippen MR) is 90.2 cm³/mol. The monoisotopic (exact) mass is 367 g/mol. The van der Waals surface area contributed by atoms with E-state index in [0.29, 0.717) is 32.8 Å². The molecule has 1 saturated heterocycles. The van der Waals surface area contributed by atoms with E-state index in [1.54, 1.807) is 11.8 Å². The van der Waals surface area contributed by atoms with Crippen LogP contribution in [0.3, 0.4) is 0 Å². The number of nitro groups is 1. The number of ether oxygens (including phenoxy) is 1. The number of aromatic hydroxyl groups is 2. The second-order valence-corrected chi connectivity index (χ2v) is 5.92. The van der Waals surface area contributed by atoms with Gasteiger partial charge in [-0.05, 0) is 18.6 Å². The van der Waals surface area contributed by atoms with E-state index in [-0.39, 0.29) is 30.4 Å². The Morgan fingerprint density at radius 3 is 2.46 bits per heavy atom. The maximum absolute atomic E-state index is 12.2. The van der Waals surface area contributed by atoms with Gasteiger partial charge in [-0.25, -0.2) is 4.79 Å². The maximum Gasteiger partial charge on any atom is 0.409 e. The zero-order valence-electron chi connectivity index (χ0n) is 14.4. The molecule has 0 spiro atoms. The highest BCUT2D eigenvalue weighted by molar-refractivity contribution is 5.83. The molecule has 2 rings (SSSR count). The van der Waals surface area contributed by atoms with Gasteiger partial charge in [-0.2, -0.15) is 0 Å². The van der Waals surface area contributed by atoms with Crippen LogP contribution in [0.25, 0.3) is 0 Å². The molecule has 0 atom stereocenters. The van der Waals surface area contributed by atoms with E-state index in [1.165, 1.54) is 0 Å². The normalized spacial score (nSPS) is 14.9. The summed E-state index contributed by atoms with van der Waals surface area (Å²) in [6.45, 7) is 4.12. The van der Waals surface area contributed by atoms with Crippen molar-refractivity contribution in [1.29, 1.82) is 0 Å². The first-order valence-electron chi connectivity index (χ1n) is 8.16. The van der Waals surface area contributed by atoms with Gasteiger partial charge < -0.3 is 19.8 Å². The number of phenolic OH excluding ortho intramolecular Hbond substituents is 2. The largest absolute Gasteiger partial charge is 0.504 e. The van der Waals surface area contributed by atoms with Crippen LogP contribution < -0.4 is 0 Å². The van der Waals surface area contributed by atoms with Crippen LogP contribution in [0.15, 0.2) is 12.1 Å². The molecule has 26 heavy (non-hydrogen) atoms. The Balaban J connectivity index is 1.90. The number of nitro benzene ring substituents is 1. The molecule has 142 valence electrons. The molecular weight excluding hydrogens is 346 g/mol. The van der Waals surface area contributed by atoms with Gasteiger partial charge in [-0.3, -0.25) is 19.8 Å². The third-order valence-electron chi connectivity index (χ3n) is 4.03. The number of hydrogen-bond donors (Lipinski definition) is 2. The van der Waals surface area contributed by atoms with Gasteiger partial charge in [0.2, 0.25) is 5.75 Å². The average Bonchev–Trinajstić information content (AvgIpc) is 2.58. The molecule has 0 radical (unpaired) electrons. The minimum atomic E-state index is -0.822. The molecule has 1 amide bonds. The van der Waals surface area contributed by atoms with Crippen molar-refractivity contribution < 1.29 is 29.5 Å². The number of carbonyl (C=O) groups excluding carboxylic acids is 2. The lowest BCUT2D eigenvalue weighted by atomic mass is 10.1.